The van der Waals surface area contributed by atoms with E-state index in [1.165, 1.54) is 13.8 Å². The SMILES string of the molecule is CC(=O)N[C@@H]1C[C@@H]2CN(c3ccc(C(C)=O)cn3)C[C@@H]2C[C@H]1O. The number of nitrogens with zero attached hydrogens (tertiary/aromatic N) is 2. The van der Waals surface area contributed by atoms with E-state index in [0.29, 0.717) is 23.8 Å². The number of carbonyl (C=O) groups excluding carboxylic acids is 2. The molecule has 2 fully saturated rings. The molecule has 6 heteroatoms. The van der Waals surface area contributed by atoms with Crippen molar-refractivity contribution in [3.63, 3.8) is 0 Å². The van der Waals surface area contributed by atoms with Gasteiger partial charge >= 0.3 is 0 Å². The molecule has 6 nitrogen and oxygen atoms in total. The monoisotopic (exact) mass is 317 g/mol. The van der Waals surface area contributed by atoms with Crippen LogP contribution >= 0.6 is 0 Å². The van der Waals surface area contributed by atoms with E-state index in [2.05, 4.69) is 15.2 Å². The second kappa shape index (κ2) is 6.28. The molecule has 4 atom stereocenters. The fourth-order valence-electron chi connectivity index (χ4n) is 3.82. The Hall–Kier alpha value is -1.95. The minimum Gasteiger partial charge on any atom is -0.391 e. The van der Waals surface area contributed by atoms with Gasteiger partial charge in [-0.15, -0.1) is 0 Å². The fraction of sp³-hybridized carbons (Fsp3) is 0.588. The van der Waals surface area contributed by atoms with E-state index in [1.54, 1.807) is 6.20 Å². The normalized spacial score (nSPS) is 30.0. The van der Waals surface area contributed by atoms with Gasteiger partial charge in [-0.25, -0.2) is 4.98 Å². The first kappa shape index (κ1) is 15.9. The molecule has 0 radical (unpaired) electrons. The van der Waals surface area contributed by atoms with Crippen LogP contribution in [0.4, 0.5) is 5.82 Å². The Morgan fingerprint density at radius 2 is 1.91 bits per heavy atom. The molecule has 1 aromatic heterocycles. The summed E-state index contributed by atoms with van der Waals surface area (Å²) in [6.07, 6.45) is 2.65. The van der Waals surface area contributed by atoms with E-state index in [4.69, 9.17) is 0 Å². The predicted molar refractivity (Wildman–Crippen MR) is 86.3 cm³/mol. The molecule has 1 amide bonds. The Kier molecular flexibility index (Phi) is 4.35. The molecule has 1 saturated heterocycles. The van der Waals surface area contributed by atoms with Crippen LogP contribution in [0.25, 0.3) is 0 Å². The summed E-state index contributed by atoms with van der Waals surface area (Å²) in [7, 11) is 0. The van der Waals surface area contributed by atoms with E-state index >= 15 is 0 Å². The molecule has 1 aromatic rings. The molecule has 1 aliphatic carbocycles. The minimum absolute atomic E-state index is 0.0143. The number of fused-ring (bicyclic) bond motifs is 1. The van der Waals surface area contributed by atoms with Crippen molar-refractivity contribution in [1.82, 2.24) is 10.3 Å². The summed E-state index contributed by atoms with van der Waals surface area (Å²) < 4.78 is 0. The smallest absolute Gasteiger partial charge is 0.217 e. The highest BCUT2D eigenvalue weighted by molar-refractivity contribution is 5.93. The van der Waals surface area contributed by atoms with E-state index in [9.17, 15) is 14.7 Å². The van der Waals surface area contributed by atoms with Crippen LogP contribution in [0.3, 0.4) is 0 Å². The lowest BCUT2D eigenvalue weighted by Crippen LogP contribution is -2.48. The van der Waals surface area contributed by atoms with E-state index < -0.39 is 6.10 Å². The van der Waals surface area contributed by atoms with Crippen molar-refractivity contribution >= 4 is 17.5 Å². The number of anilines is 1. The van der Waals surface area contributed by atoms with Gasteiger partial charge in [0.25, 0.3) is 0 Å². The molecule has 1 saturated carbocycles. The second-order valence-corrected chi connectivity index (χ2v) is 6.73. The topological polar surface area (TPSA) is 82.5 Å². The zero-order chi connectivity index (χ0) is 16.6. The summed E-state index contributed by atoms with van der Waals surface area (Å²) in [5.41, 5.74) is 0.617. The Morgan fingerprint density at radius 1 is 1.22 bits per heavy atom. The van der Waals surface area contributed by atoms with Gasteiger partial charge in [0.2, 0.25) is 5.91 Å². The zero-order valence-corrected chi connectivity index (χ0v) is 13.5. The number of hydrogen-bond acceptors (Lipinski definition) is 5. The molecule has 2 N–H and O–H groups in total. The minimum atomic E-state index is -0.479. The van der Waals surface area contributed by atoms with Crippen molar-refractivity contribution in [2.24, 2.45) is 11.8 Å². The lowest BCUT2D eigenvalue weighted by molar-refractivity contribution is -0.121. The summed E-state index contributed by atoms with van der Waals surface area (Å²) in [5, 5.41) is 13.1. The van der Waals surface area contributed by atoms with Crippen LogP contribution in [0, 0.1) is 11.8 Å². The molecular weight excluding hydrogens is 294 g/mol. The lowest BCUT2D eigenvalue weighted by atomic mass is 9.77. The van der Waals surface area contributed by atoms with Crippen molar-refractivity contribution in [1.29, 1.82) is 0 Å². The van der Waals surface area contributed by atoms with Gasteiger partial charge in [-0.2, -0.15) is 0 Å². The van der Waals surface area contributed by atoms with Crippen LogP contribution < -0.4 is 10.2 Å². The molecule has 0 aromatic carbocycles. The van der Waals surface area contributed by atoms with Crippen LogP contribution in [-0.2, 0) is 4.79 Å². The predicted octanol–water partition coefficient (Wildman–Crippen LogP) is 0.996. The summed E-state index contributed by atoms with van der Waals surface area (Å²) in [6.45, 7) is 4.76. The average Bonchev–Trinajstić information content (AvgIpc) is 2.90. The number of Topliss-reactive ketones (excluding diaryl/α,β-unsaturated/α-hetero) is 1. The third-order valence-electron chi connectivity index (χ3n) is 5.01. The van der Waals surface area contributed by atoms with Gasteiger partial charge < -0.3 is 15.3 Å². The largest absolute Gasteiger partial charge is 0.391 e. The lowest BCUT2D eigenvalue weighted by Gasteiger charge is -2.35. The Morgan fingerprint density at radius 3 is 2.48 bits per heavy atom. The molecule has 0 unspecified atom stereocenters. The average molecular weight is 317 g/mol. The standard InChI is InChI=1S/C17H23N3O3/c1-10(21)12-3-4-17(18-7-12)20-8-13-5-15(19-11(2)22)16(23)6-14(13)9-20/h3-4,7,13-16,23H,5-6,8-9H2,1-2H3,(H,19,22)/t13-,14+,15-,16-/m1/s1. The number of aliphatic hydroxyl groups is 1. The highest BCUT2D eigenvalue weighted by Gasteiger charge is 2.42. The Bertz CT molecular complexity index is 602. The number of carbonyl (C=O) groups is 2. The van der Waals surface area contributed by atoms with Gasteiger partial charge in [-0.1, -0.05) is 0 Å². The third-order valence-corrected chi connectivity index (χ3v) is 5.01. The molecule has 124 valence electrons. The number of ketones is 1. The Labute approximate surface area is 135 Å². The van der Waals surface area contributed by atoms with E-state index in [0.717, 1.165) is 25.3 Å². The van der Waals surface area contributed by atoms with Crippen LogP contribution in [0.5, 0.6) is 0 Å². The summed E-state index contributed by atoms with van der Waals surface area (Å²) >= 11 is 0. The zero-order valence-electron chi connectivity index (χ0n) is 13.5. The summed E-state index contributed by atoms with van der Waals surface area (Å²) in [6, 6.07) is 3.54. The first-order valence-electron chi connectivity index (χ1n) is 8.11. The highest BCUT2D eigenvalue weighted by Crippen LogP contribution is 2.38. The van der Waals surface area contributed by atoms with Crippen molar-refractivity contribution in [2.45, 2.75) is 38.8 Å². The van der Waals surface area contributed by atoms with Gasteiger partial charge in [0.15, 0.2) is 5.78 Å². The molecule has 0 bridgehead atoms. The highest BCUT2D eigenvalue weighted by atomic mass is 16.3. The van der Waals surface area contributed by atoms with E-state index in [-0.39, 0.29) is 17.7 Å². The number of amides is 1. The molecule has 23 heavy (non-hydrogen) atoms. The van der Waals surface area contributed by atoms with Crippen molar-refractivity contribution in [3.05, 3.63) is 23.9 Å². The maximum Gasteiger partial charge on any atom is 0.217 e. The Balaban J connectivity index is 1.68. The second-order valence-electron chi connectivity index (χ2n) is 6.73. The van der Waals surface area contributed by atoms with Crippen molar-refractivity contribution in [2.75, 3.05) is 18.0 Å². The fourth-order valence-corrected chi connectivity index (χ4v) is 3.82. The van der Waals surface area contributed by atoms with Gasteiger partial charge in [-0.3, -0.25) is 9.59 Å². The molecule has 2 aliphatic rings. The van der Waals surface area contributed by atoms with Crippen LogP contribution in [-0.4, -0.2) is 47.0 Å². The van der Waals surface area contributed by atoms with Crippen LogP contribution in [0.15, 0.2) is 18.3 Å². The third kappa shape index (κ3) is 3.37. The molecule has 2 heterocycles. The summed E-state index contributed by atoms with van der Waals surface area (Å²) in [5.74, 6) is 1.66. The quantitative estimate of drug-likeness (QED) is 0.813. The molecular formula is C17H23N3O3. The van der Waals surface area contributed by atoms with E-state index in [1.807, 2.05) is 12.1 Å². The van der Waals surface area contributed by atoms with Crippen LogP contribution in [0.1, 0.15) is 37.0 Å². The maximum atomic E-state index is 11.3. The number of aliphatic hydroxyl groups excluding tert-OH is 1. The molecule has 3 rings (SSSR count). The van der Waals surface area contributed by atoms with Gasteiger partial charge in [0.1, 0.15) is 5.82 Å². The maximum absolute atomic E-state index is 11.3. The first-order valence-corrected chi connectivity index (χ1v) is 8.11. The summed E-state index contributed by atoms with van der Waals surface area (Å²) in [4.78, 5) is 29.2. The first-order chi connectivity index (χ1) is 10.9. The number of hydrogen-bond donors (Lipinski definition) is 2. The number of rotatable bonds is 3. The molecule has 1 aliphatic heterocycles. The van der Waals surface area contributed by atoms with Gasteiger partial charge in [0, 0.05) is 31.8 Å². The van der Waals surface area contributed by atoms with Gasteiger partial charge in [-0.05, 0) is 43.7 Å². The van der Waals surface area contributed by atoms with Crippen molar-refractivity contribution in [3.8, 4) is 0 Å². The van der Waals surface area contributed by atoms with Crippen molar-refractivity contribution < 1.29 is 14.7 Å². The van der Waals surface area contributed by atoms with Gasteiger partial charge in [0.05, 0.1) is 12.1 Å². The number of aromatic nitrogens is 1. The number of pyridine rings is 1. The number of nitrogens with one attached hydrogen (secondary N) is 1. The van der Waals surface area contributed by atoms with Crippen LogP contribution in [0.2, 0.25) is 0 Å². The molecule has 0 spiro atoms.